The van der Waals surface area contributed by atoms with Crippen molar-refractivity contribution in [2.24, 2.45) is 0 Å². The number of nitrogens with zero attached hydrogens (tertiary/aromatic N) is 3. The normalized spacial score (nSPS) is 11.6. The Kier molecular flexibility index (Phi) is 5.67. The number of benzene rings is 4. The SMILES string of the molecule is C=Cc1ccc2c(c1)c1cc(C=C)ccc1n2-c1ncncc1P(=O)(c1ccccc1)c1ccccc1. The summed E-state index contributed by atoms with van der Waals surface area (Å²) in [5.41, 5.74) is 3.99. The number of fused-ring (bicyclic) bond motifs is 3. The van der Waals surface area contributed by atoms with E-state index in [9.17, 15) is 0 Å². The second-order valence-electron chi connectivity index (χ2n) is 8.81. The van der Waals surface area contributed by atoms with Crippen molar-refractivity contribution in [2.75, 3.05) is 0 Å². The molecule has 4 nitrogen and oxygen atoms in total. The van der Waals surface area contributed by atoms with Gasteiger partial charge in [-0.2, -0.15) is 0 Å². The summed E-state index contributed by atoms with van der Waals surface area (Å²) in [5, 5.41) is 4.19. The molecule has 0 unspecified atom stereocenters. The van der Waals surface area contributed by atoms with Crippen molar-refractivity contribution in [2.45, 2.75) is 0 Å². The van der Waals surface area contributed by atoms with Gasteiger partial charge in [-0.3, -0.25) is 4.57 Å². The molecule has 178 valence electrons. The fraction of sp³-hybridized carbons (Fsp3) is 0. The molecule has 37 heavy (non-hydrogen) atoms. The Morgan fingerprint density at radius 1 is 0.703 bits per heavy atom. The van der Waals surface area contributed by atoms with E-state index in [4.69, 9.17) is 4.98 Å². The smallest absolute Gasteiger partial charge is 0.176 e. The lowest BCUT2D eigenvalue weighted by Gasteiger charge is -2.22. The maximum absolute atomic E-state index is 15.3. The van der Waals surface area contributed by atoms with E-state index >= 15 is 4.57 Å². The number of hydrogen-bond acceptors (Lipinski definition) is 3. The molecule has 0 radical (unpaired) electrons. The van der Waals surface area contributed by atoms with E-state index in [2.05, 4.69) is 47.0 Å². The maximum atomic E-state index is 15.3. The van der Waals surface area contributed by atoms with Crippen molar-refractivity contribution < 1.29 is 4.57 Å². The first-order valence-corrected chi connectivity index (χ1v) is 13.7. The minimum atomic E-state index is -3.32. The zero-order valence-corrected chi connectivity index (χ0v) is 21.1. The molecule has 0 bridgehead atoms. The highest BCUT2D eigenvalue weighted by Crippen LogP contribution is 2.44. The lowest BCUT2D eigenvalue weighted by atomic mass is 10.1. The first kappa shape index (κ1) is 22.9. The zero-order chi connectivity index (χ0) is 25.4. The number of hydrogen-bond donors (Lipinski definition) is 0. The third-order valence-corrected chi connectivity index (χ3v) is 9.79. The first-order chi connectivity index (χ1) is 18.1. The Hall–Kier alpha value is -4.53. The average Bonchev–Trinajstić information content (AvgIpc) is 3.30. The molecule has 6 aromatic rings. The molecule has 0 spiro atoms. The van der Waals surface area contributed by atoms with Gasteiger partial charge in [-0.05, 0) is 35.4 Å². The van der Waals surface area contributed by atoms with Gasteiger partial charge in [-0.1, -0.05) is 98.1 Å². The molecular formula is C32H24N3OP. The molecule has 0 saturated heterocycles. The highest BCUT2D eigenvalue weighted by molar-refractivity contribution is 7.85. The molecule has 0 aliphatic rings. The van der Waals surface area contributed by atoms with Gasteiger partial charge in [0.05, 0.1) is 16.3 Å². The van der Waals surface area contributed by atoms with Crippen LogP contribution >= 0.6 is 7.14 Å². The minimum Gasteiger partial charge on any atom is -0.308 e. The van der Waals surface area contributed by atoms with Crippen molar-refractivity contribution in [1.82, 2.24) is 14.5 Å². The molecule has 6 rings (SSSR count). The van der Waals surface area contributed by atoms with Crippen LogP contribution in [0.15, 0.2) is 123 Å². The second-order valence-corrected chi connectivity index (χ2v) is 11.5. The van der Waals surface area contributed by atoms with Crippen LogP contribution in [-0.2, 0) is 4.57 Å². The summed E-state index contributed by atoms with van der Waals surface area (Å²) in [4.78, 5) is 9.13. The standard InChI is InChI=1S/C32H24N3OP/c1-3-23-15-17-29-27(19-23)28-20-24(4-2)16-18-30(28)35(29)32-31(21-33-22-34-32)37(36,25-11-7-5-8-12-25)26-13-9-6-10-14-26/h3-22H,1-2H2. The van der Waals surface area contributed by atoms with Gasteiger partial charge in [0.25, 0.3) is 0 Å². The van der Waals surface area contributed by atoms with Crippen LogP contribution in [0.4, 0.5) is 0 Å². The topological polar surface area (TPSA) is 47.8 Å². The summed E-state index contributed by atoms with van der Waals surface area (Å²) < 4.78 is 17.4. The Bertz CT molecular complexity index is 1730. The molecule has 2 aromatic heterocycles. The molecule has 5 heteroatoms. The summed E-state index contributed by atoms with van der Waals surface area (Å²) in [6.07, 6.45) is 6.91. The maximum Gasteiger partial charge on any atom is 0.176 e. The highest BCUT2D eigenvalue weighted by atomic mass is 31.2. The molecule has 0 N–H and O–H groups in total. The van der Waals surface area contributed by atoms with Crippen LogP contribution in [0.25, 0.3) is 39.8 Å². The minimum absolute atomic E-state index is 0.590. The lowest BCUT2D eigenvalue weighted by Crippen LogP contribution is -2.28. The monoisotopic (exact) mass is 497 g/mol. The van der Waals surface area contributed by atoms with Crippen molar-refractivity contribution >= 4 is 57.0 Å². The molecule has 2 heterocycles. The zero-order valence-electron chi connectivity index (χ0n) is 20.2. The van der Waals surface area contributed by atoms with Gasteiger partial charge in [0.1, 0.15) is 6.33 Å². The molecule has 0 fully saturated rings. The van der Waals surface area contributed by atoms with E-state index in [1.54, 1.807) is 6.20 Å². The van der Waals surface area contributed by atoms with E-state index in [-0.39, 0.29) is 0 Å². The van der Waals surface area contributed by atoms with E-state index in [0.717, 1.165) is 43.5 Å². The summed E-state index contributed by atoms with van der Waals surface area (Å²) in [6, 6.07) is 31.7. The average molecular weight is 498 g/mol. The van der Waals surface area contributed by atoms with E-state index in [1.165, 1.54) is 6.33 Å². The fourth-order valence-corrected chi connectivity index (χ4v) is 7.66. The van der Waals surface area contributed by atoms with Crippen LogP contribution in [0.5, 0.6) is 0 Å². The Morgan fingerprint density at radius 3 is 1.70 bits per heavy atom. The van der Waals surface area contributed by atoms with Crippen LogP contribution < -0.4 is 15.9 Å². The Labute approximate surface area is 215 Å². The third kappa shape index (κ3) is 3.66. The molecule has 0 aliphatic heterocycles. The molecule has 0 saturated carbocycles. The van der Waals surface area contributed by atoms with Crippen molar-refractivity contribution in [3.05, 3.63) is 134 Å². The predicted octanol–water partition coefficient (Wildman–Crippen LogP) is 6.50. The van der Waals surface area contributed by atoms with E-state index < -0.39 is 7.14 Å². The van der Waals surface area contributed by atoms with E-state index in [0.29, 0.717) is 11.1 Å². The quantitative estimate of drug-likeness (QED) is 0.247. The van der Waals surface area contributed by atoms with Gasteiger partial charge in [0.2, 0.25) is 0 Å². The molecule has 0 aliphatic carbocycles. The van der Waals surface area contributed by atoms with Crippen LogP contribution in [0, 0.1) is 0 Å². The Morgan fingerprint density at radius 2 is 1.22 bits per heavy atom. The Balaban J connectivity index is 1.74. The largest absolute Gasteiger partial charge is 0.308 e. The summed E-state index contributed by atoms with van der Waals surface area (Å²) >= 11 is 0. The summed E-state index contributed by atoms with van der Waals surface area (Å²) in [7, 11) is -3.32. The molecule has 0 atom stereocenters. The fourth-order valence-electron chi connectivity index (χ4n) is 4.95. The van der Waals surface area contributed by atoms with E-state index in [1.807, 2.05) is 84.9 Å². The highest BCUT2D eigenvalue weighted by Gasteiger charge is 2.34. The van der Waals surface area contributed by atoms with Gasteiger partial charge < -0.3 is 4.57 Å². The first-order valence-electron chi connectivity index (χ1n) is 12.0. The van der Waals surface area contributed by atoms with Crippen LogP contribution in [0.2, 0.25) is 0 Å². The van der Waals surface area contributed by atoms with Gasteiger partial charge in [0.15, 0.2) is 13.0 Å². The molecule has 4 aromatic carbocycles. The summed E-state index contributed by atoms with van der Waals surface area (Å²) in [6.45, 7) is 7.90. The van der Waals surface area contributed by atoms with Crippen molar-refractivity contribution in [3.63, 3.8) is 0 Å². The van der Waals surface area contributed by atoms with Crippen LogP contribution in [0.3, 0.4) is 0 Å². The summed E-state index contributed by atoms with van der Waals surface area (Å²) in [5.74, 6) is 0.601. The molecule has 0 amide bonds. The van der Waals surface area contributed by atoms with Gasteiger partial charge in [-0.15, -0.1) is 0 Å². The predicted molar refractivity (Wildman–Crippen MR) is 156 cm³/mol. The van der Waals surface area contributed by atoms with Crippen LogP contribution in [0.1, 0.15) is 11.1 Å². The van der Waals surface area contributed by atoms with Crippen molar-refractivity contribution in [3.8, 4) is 5.82 Å². The van der Waals surface area contributed by atoms with Gasteiger partial charge >= 0.3 is 0 Å². The van der Waals surface area contributed by atoms with Gasteiger partial charge in [0, 0.05) is 27.6 Å². The van der Waals surface area contributed by atoms with Crippen molar-refractivity contribution in [1.29, 1.82) is 0 Å². The van der Waals surface area contributed by atoms with Crippen LogP contribution in [-0.4, -0.2) is 14.5 Å². The second kappa shape index (κ2) is 9.16. The number of rotatable bonds is 6. The third-order valence-electron chi connectivity index (χ3n) is 6.75. The van der Waals surface area contributed by atoms with Gasteiger partial charge in [-0.25, -0.2) is 9.97 Å². The number of aromatic nitrogens is 3. The molecular weight excluding hydrogens is 473 g/mol. The lowest BCUT2D eigenvalue weighted by molar-refractivity contribution is 0.592.